The van der Waals surface area contributed by atoms with Crippen LogP contribution in [-0.4, -0.2) is 7.11 Å². The van der Waals surface area contributed by atoms with E-state index < -0.39 is 22.9 Å². The van der Waals surface area contributed by atoms with Gasteiger partial charge in [-0.25, -0.2) is 4.39 Å². The average Bonchev–Trinajstić information content (AvgIpc) is 2.45. The van der Waals surface area contributed by atoms with Crippen molar-refractivity contribution in [1.29, 1.82) is 0 Å². The van der Waals surface area contributed by atoms with Crippen LogP contribution in [0.3, 0.4) is 0 Å². The Kier molecular flexibility index (Phi) is 4.42. The van der Waals surface area contributed by atoms with Crippen LogP contribution in [0.25, 0.3) is 0 Å². The molecule has 0 aliphatic carbocycles. The number of hydrogen-bond donors (Lipinski definition) is 0. The Balaban J connectivity index is 2.45. The van der Waals surface area contributed by atoms with E-state index in [9.17, 15) is 17.6 Å². The molecule has 0 spiro atoms. The second kappa shape index (κ2) is 5.93. The maximum Gasteiger partial charge on any atom is 0.416 e. The highest BCUT2D eigenvalue weighted by atomic mass is 35.5. The number of halogens is 5. The Bertz CT molecular complexity index is 640. The van der Waals surface area contributed by atoms with Crippen LogP contribution in [0.15, 0.2) is 42.5 Å². The number of hydrogen-bond acceptors (Lipinski definition) is 1. The van der Waals surface area contributed by atoms with Gasteiger partial charge in [0.2, 0.25) is 0 Å². The molecule has 6 heteroatoms. The van der Waals surface area contributed by atoms with E-state index in [0.717, 1.165) is 18.2 Å². The van der Waals surface area contributed by atoms with Gasteiger partial charge in [-0.05, 0) is 35.9 Å². The average molecular weight is 319 g/mol. The molecule has 0 N–H and O–H groups in total. The minimum absolute atomic E-state index is 0.218. The van der Waals surface area contributed by atoms with Crippen molar-refractivity contribution in [2.45, 2.75) is 11.6 Å². The van der Waals surface area contributed by atoms with Gasteiger partial charge in [0.05, 0.1) is 18.1 Å². The number of ether oxygens (including phenoxy) is 1. The fourth-order valence-corrected chi connectivity index (χ4v) is 2.26. The maximum absolute atomic E-state index is 13.3. The standard InChI is InChI=1S/C15H11ClF4O/c1-21-13-6-5-11(17)8-12(13)14(16)9-3-2-4-10(7-9)15(18,19)20/h2-8,14H,1H3. The van der Waals surface area contributed by atoms with Crippen LogP contribution in [0.5, 0.6) is 5.75 Å². The predicted octanol–water partition coefficient (Wildman–Crippen LogP) is 5.18. The summed E-state index contributed by atoms with van der Waals surface area (Å²) in [6.45, 7) is 0. The van der Waals surface area contributed by atoms with Crippen LogP contribution in [0.4, 0.5) is 17.6 Å². The molecule has 0 aliphatic heterocycles. The fraction of sp³-hybridized carbons (Fsp3) is 0.200. The number of rotatable bonds is 3. The first-order valence-electron chi connectivity index (χ1n) is 5.97. The molecular weight excluding hydrogens is 308 g/mol. The molecule has 0 saturated carbocycles. The van der Waals surface area contributed by atoms with Crippen molar-refractivity contribution < 1.29 is 22.3 Å². The minimum Gasteiger partial charge on any atom is -0.496 e. The Morgan fingerprint density at radius 1 is 1.10 bits per heavy atom. The lowest BCUT2D eigenvalue weighted by Crippen LogP contribution is -2.06. The summed E-state index contributed by atoms with van der Waals surface area (Å²) in [5.41, 5.74) is -0.310. The summed E-state index contributed by atoms with van der Waals surface area (Å²) < 4.78 is 56.5. The molecule has 0 heterocycles. The van der Waals surface area contributed by atoms with E-state index in [1.165, 1.54) is 31.4 Å². The first-order valence-corrected chi connectivity index (χ1v) is 6.41. The Hall–Kier alpha value is -1.75. The third-order valence-electron chi connectivity index (χ3n) is 2.97. The van der Waals surface area contributed by atoms with Gasteiger partial charge in [0.15, 0.2) is 0 Å². The first-order chi connectivity index (χ1) is 9.82. The van der Waals surface area contributed by atoms with Crippen LogP contribution >= 0.6 is 11.6 Å². The molecule has 21 heavy (non-hydrogen) atoms. The quantitative estimate of drug-likeness (QED) is 0.559. The third-order valence-corrected chi connectivity index (χ3v) is 3.46. The van der Waals surface area contributed by atoms with Crippen molar-refractivity contribution in [2.75, 3.05) is 7.11 Å². The normalized spacial score (nSPS) is 13.0. The van der Waals surface area contributed by atoms with Crippen molar-refractivity contribution in [2.24, 2.45) is 0 Å². The predicted molar refractivity (Wildman–Crippen MR) is 72.1 cm³/mol. The second-order valence-corrected chi connectivity index (χ2v) is 4.81. The molecule has 0 saturated heterocycles. The lowest BCUT2D eigenvalue weighted by molar-refractivity contribution is -0.137. The molecular formula is C15H11ClF4O. The highest BCUT2D eigenvalue weighted by Crippen LogP contribution is 2.38. The van der Waals surface area contributed by atoms with E-state index in [1.54, 1.807) is 0 Å². The van der Waals surface area contributed by atoms with Gasteiger partial charge in [-0.2, -0.15) is 13.2 Å². The molecule has 2 rings (SSSR count). The zero-order valence-electron chi connectivity index (χ0n) is 10.9. The van der Waals surface area contributed by atoms with E-state index >= 15 is 0 Å². The first kappa shape index (κ1) is 15.6. The monoisotopic (exact) mass is 318 g/mol. The molecule has 2 aromatic rings. The summed E-state index contributed by atoms with van der Waals surface area (Å²) in [5.74, 6) is -0.225. The summed E-state index contributed by atoms with van der Waals surface area (Å²) in [6.07, 6.45) is -4.46. The summed E-state index contributed by atoms with van der Waals surface area (Å²) in [7, 11) is 1.38. The van der Waals surface area contributed by atoms with Gasteiger partial charge in [-0.3, -0.25) is 0 Å². The van der Waals surface area contributed by atoms with E-state index in [1.807, 2.05) is 0 Å². The topological polar surface area (TPSA) is 9.23 Å². The fourth-order valence-electron chi connectivity index (χ4n) is 1.96. The molecule has 1 nitrogen and oxygen atoms in total. The van der Waals surface area contributed by atoms with Crippen molar-refractivity contribution in [3.05, 3.63) is 65.0 Å². The third kappa shape index (κ3) is 3.47. The van der Waals surface area contributed by atoms with Gasteiger partial charge in [-0.1, -0.05) is 12.1 Å². The number of alkyl halides is 4. The molecule has 0 amide bonds. The Morgan fingerprint density at radius 3 is 2.43 bits per heavy atom. The van der Waals surface area contributed by atoms with Crippen molar-refractivity contribution >= 4 is 11.6 Å². The zero-order chi connectivity index (χ0) is 15.6. The van der Waals surface area contributed by atoms with Crippen molar-refractivity contribution in [3.63, 3.8) is 0 Å². The van der Waals surface area contributed by atoms with Gasteiger partial charge in [0.1, 0.15) is 11.6 Å². The molecule has 0 radical (unpaired) electrons. The van der Waals surface area contributed by atoms with Crippen molar-refractivity contribution in [3.8, 4) is 5.75 Å². The lowest BCUT2D eigenvalue weighted by atomic mass is 10.0. The van der Waals surface area contributed by atoms with Crippen LogP contribution in [0.1, 0.15) is 22.1 Å². The Morgan fingerprint density at radius 2 is 1.81 bits per heavy atom. The largest absolute Gasteiger partial charge is 0.496 e. The molecule has 2 aromatic carbocycles. The van der Waals surface area contributed by atoms with Crippen LogP contribution < -0.4 is 4.74 Å². The smallest absolute Gasteiger partial charge is 0.416 e. The number of methoxy groups -OCH3 is 1. The van der Waals surface area contributed by atoms with E-state index in [4.69, 9.17) is 16.3 Å². The van der Waals surface area contributed by atoms with E-state index in [2.05, 4.69) is 0 Å². The molecule has 0 fully saturated rings. The Labute approximate surface area is 124 Å². The lowest BCUT2D eigenvalue weighted by Gasteiger charge is -2.16. The van der Waals surface area contributed by atoms with Crippen molar-refractivity contribution in [1.82, 2.24) is 0 Å². The van der Waals surface area contributed by atoms with Gasteiger partial charge in [0, 0.05) is 5.56 Å². The van der Waals surface area contributed by atoms with Gasteiger partial charge >= 0.3 is 6.18 Å². The van der Waals surface area contributed by atoms with E-state index in [0.29, 0.717) is 5.75 Å². The molecule has 0 bridgehead atoms. The van der Waals surface area contributed by atoms with Crippen LogP contribution in [-0.2, 0) is 6.18 Å². The second-order valence-electron chi connectivity index (χ2n) is 4.37. The minimum atomic E-state index is -4.46. The summed E-state index contributed by atoms with van der Waals surface area (Å²) in [6, 6.07) is 8.34. The zero-order valence-corrected chi connectivity index (χ0v) is 11.7. The molecule has 0 aliphatic rings. The highest BCUT2D eigenvalue weighted by Gasteiger charge is 2.31. The maximum atomic E-state index is 13.3. The summed E-state index contributed by atoms with van der Waals surface area (Å²) in [4.78, 5) is 0. The van der Waals surface area contributed by atoms with Gasteiger partial charge in [0.25, 0.3) is 0 Å². The summed E-state index contributed by atoms with van der Waals surface area (Å²) >= 11 is 6.20. The van der Waals surface area contributed by atoms with E-state index in [-0.39, 0.29) is 11.1 Å². The van der Waals surface area contributed by atoms with Gasteiger partial charge in [-0.15, -0.1) is 11.6 Å². The SMILES string of the molecule is COc1ccc(F)cc1C(Cl)c1cccc(C(F)(F)F)c1. The summed E-state index contributed by atoms with van der Waals surface area (Å²) in [5, 5.41) is -0.946. The number of benzene rings is 2. The molecule has 112 valence electrons. The van der Waals surface area contributed by atoms with Gasteiger partial charge < -0.3 is 4.74 Å². The van der Waals surface area contributed by atoms with Crippen LogP contribution in [0, 0.1) is 5.82 Å². The molecule has 0 aromatic heterocycles. The molecule has 1 atom stereocenters. The highest BCUT2D eigenvalue weighted by molar-refractivity contribution is 6.22. The molecule has 1 unspecified atom stereocenters. The van der Waals surface area contributed by atoms with Crippen LogP contribution in [0.2, 0.25) is 0 Å².